The van der Waals surface area contributed by atoms with Gasteiger partial charge >= 0.3 is 0 Å². The highest BCUT2D eigenvalue weighted by Gasteiger charge is 2.23. The molecule has 3 heterocycles. The van der Waals surface area contributed by atoms with Gasteiger partial charge in [0, 0.05) is 34.5 Å². The maximum Gasteiger partial charge on any atom is 0.0893 e. The third-order valence-corrected chi connectivity index (χ3v) is 8.24. The number of hydrogen-bond acceptors (Lipinski definition) is 1. The molecule has 4 aromatic carbocycles. The van der Waals surface area contributed by atoms with E-state index in [9.17, 15) is 0 Å². The van der Waals surface area contributed by atoms with Gasteiger partial charge in [-0.1, -0.05) is 81.8 Å². The second-order valence-electron chi connectivity index (χ2n) is 10.9. The van der Waals surface area contributed by atoms with E-state index in [-0.39, 0.29) is 0 Å². The molecule has 38 heavy (non-hydrogen) atoms. The first kappa shape index (κ1) is 23.2. The normalized spacial score (nSPS) is 12.3. The van der Waals surface area contributed by atoms with Crippen LogP contribution in [0.2, 0.25) is 5.02 Å². The summed E-state index contributed by atoms with van der Waals surface area (Å²) in [6.07, 6.45) is 4.42. The van der Waals surface area contributed by atoms with Gasteiger partial charge in [0.1, 0.15) is 0 Å². The van der Waals surface area contributed by atoms with Gasteiger partial charge in [-0.3, -0.25) is 0 Å². The topological polar surface area (TPSA) is 12.1 Å². The van der Waals surface area contributed by atoms with E-state index in [0.29, 0.717) is 11.8 Å². The second kappa shape index (κ2) is 8.54. The van der Waals surface area contributed by atoms with E-state index in [1.807, 2.05) is 6.07 Å². The van der Waals surface area contributed by atoms with Crippen molar-refractivity contribution in [1.29, 1.82) is 0 Å². The van der Waals surface area contributed by atoms with Crippen LogP contribution in [0.25, 0.3) is 32.8 Å². The highest BCUT2D eigenvalue weighted by molar-refractivity contribution is 6.36. The van der Waals surface area contributed by atoms with Crippen molar-refractivity contribution in [3.05, 3.63) is 113 Å². The van der Waals surface area contributed by atoms with Crippen molar-refractivity contribution in [3.63, 3.8) is 0 Å². The van der Waals surface area contributed by atoms with Crippen molar-refractivity contribution in [1.82, 2.24) is 8.80 Å². The fourth-order valence-corrected chi connectivity index (χ4v) is 6.10. The maximum absolute atomic E-state index is 6.89. The molecule has 3 nitrogen and oxygen atoms in total. The molecule has 0 fully saturated rings. The molecule has 4 heteroatoms. The summed E-state index contributed by atoms with van der Waals surface area (Å²) in [5, 5.41) is 3.13. The zero-order chi connectivity index (χ0) is 26.1. The zero-order valence-electron chi connectivity index (χ0n) is 22.1. The standard InChI is InChI=1S/C34H30ClN3/c1-21(2)23-8-13-26(14-9-23)38(27-15-10-24(11-16-27)22(3)4)31-20-37-33-28(31)6-5-7-30(33)36-19-18-25-12-17-29(35)34(37)32(25)36/h5-22H,1-4H3. The Balaban J connectivity index is 1.55. The molecule has 0 aliphatic heterocycles. The third-order valence-electron chi connectivity index (χ3n) is 7.94. The Hall–Kier alpha value is -3.95. The summed E-state index contributed by atoms with van der Waals surface area (Å²) in [4.78, 5) is 2.38. The minimum atomic E-state index is 0.485. The van der Waals surface area contributed by atoms with Crippen LogP contribution in [0.5, 0.6) is 0 Å². The number of aromatic nitrogens is 2. The van der Waals surface area contributed by atoms with Crippen LogP contribution in [0.3, 0.4) is 0 Å². The predicted octanol–water partition coefficient (Wildman–Crippen LogP) is 10.3. The van der Waals surface area contributed by atoms with E-state index >= 15 is 0 Å². The van der Waals surface area contributed by atoms with Gasteiger partial charge < -0.3 is 13.7 Å². The van der Waals surface area contributed by atoms with Crippen molar-refractivity contribution in [2.75, 3.05) is 4.90 Å². The van der Waals surface area contributed by atoms with Crippen molar-refractivity contribution < 1.29 is 0 Å². The SMILES string of the molecule is CC(C)c1ccc(N(c2ccc(C(C)C)cc2)c2cn3c4c(Cl)ccc5ccn(c6cccc2c63)c54)cc1. The fourth-order valence-electron chi connectivity index (χ4n) is 5.86. The summed E-state index contributed by atoms with van der Waals surface area (Å²) in [7, 11) is 0. The molecule has 0 saturated heterocycles. The van der Waals surface area contributed by atoms with Crippen LogP contribution >= 0.6 is 11.6 Å². The van der Waals surface area contributed by atoms with E-state index in [0.717, 1.165) is 33.1 Å². The molecule has 0 radical (unpaired) electrons. The minimum absolute atomic E-state index is 0.485. The van der Waals surface area contributed by atoms with Crippen LogP contribution in [-0.2, 0) is 0 Å². The zero-order valence-corrected chi connectivity index (χ0v) is 22.9. The minimum Gasteiger partial charge on any atom is -0.312 e. The molecule has 0 bridgehead atoms. The first-order valence-corrected chi connectivity index (χ1v) is 13.7. The summed E-state index contributed by atoms with van der Waals surface area (Å²) in [5.41, 5.74) is 10.6. The Morgan fingerprint density at radius 1 is 0.632 bits per heavy atom. The quantitative estimate of drug-likeness (QED) is 0.208. The lowest BCUT2D eigenvalue weighted by molar-refractivity contribution is 0.866. The third kappa shape index (κ3) is 3.35. The number of nitrogens with zero attached hydrogens (tertiary/aromatic N) is 3. The molecule has 0 unspecified atom stereocenters. The molecule has 0 saturated carbocycles. The summed E-state index contributed by atoms with van der Waals surface area (Å²) >= 11 is 6.89. The summed E-state index contributed by atoms with van der Waals surface area (Å²) in [5.74, 6) is 0.970. The molecule has 188 valence electrons. The molecule has 7 rings (SSSR count). The predicted molar refractivity (Wildman–Crippen MR) is 162 cm³/mol. The van der Waals surface area contributed by atoms with Crippen LogP contribution in [-0.4, -0.2) is 8.80 Å². The largest absolute Gasteiger partial charge is 0.312 e. The Bertz CT molecular complexity index is 1870. The first-order chi connectivity index (χ1) is 18.4. The number of rotatable bonds is 5. The summed E-state index contributed by atoms with van der Waals surface area (Å²) in [6.45, 7) is 8.95. The number of fused-ring (bicyclic) bond motifs is 2. The van der Waals surface area contributed by atoms with Gasteiger partial charge in [0.05, 0.1) is 32.8 Å². The smallest absolute Gasteiger partial charge is 0.0893 e. The highest BCUT2D eigenvalue weighted by Crippen LogP contribution is 2.44. The average Bonchev–Trinajstić information content (AvgIpc) is 3.52. The van der Waals surface area contributed by atoms with Crippen molar-refractivity contribution >= 4 is 61.5 Å². The monoisotopic (exact) mass is 515 g/mol. The Kier molecular flexibility index (Phi) is 5.21. The van der Waals surface area contributed by atoms with Crippen LogP contribution in [0.1, 0.15) is 50.7 Å². The molecular formula is C34H30ClN3. The molecule has 0 aliphatic carbocycles. The highest BCUT2D eigenvalue weighted by atomic mass is 35.5. The van der Waals surface area contributed by atoms with Crippen LogP contribution < -0.4 is 4.90 Å². The number of benzene rings is 4. The molecule has 0 atom stereocenters. The Morgan fingerprint density at radius 2 is 1.26 bits per heavy atom. The molecule has 7 aromatic rings. The van der Waals surface area contributed by atoms with E-state index < -0.39 is 0 Å². The number of halogens is 1. The van der Waals surface area contributed by atoms with Crippen molar-refractivity contribution in [2.45, 2.75) is 39.5 Å². The summed E-state index contributed by atoms with van der Waals surface area (Å²) < 4.78 is 4.57. The van der Waals surface area contributed by atoms with Crippen LogP contribution in [0.15, 0.2) is 97.3 Å². The lowest BCUT2D eigenvalue weighted by Crippen LogP contribution is -2.10. The van der Waals surface area contributed by atoms with E-state index in [2.05, 4.69) is 133 Å². The van der Waals surface area contributed by atoms with E-state index in [1.165, 1.54) is 32.9 Å². The van der Waals surface area contributed by atoms with E-state index in [1.54, 1.807) is 0 Å². The molecular weight excluding hydrogens is 486 g/mol. The van der Waals surface area contributed by atoms with Gasteiger partial charge in [-0.15, -0.1) is 0 Å². The van der Waals surface area contributed by atoms with Gasteiger partial charge in [0.25, 0.3) is 0 Å². The van der Waals surface area contributed by atoms with Crippen molar-refractivity contribution in [2.24, 2.45) is 0 Å². The molecule has 0 amide bonds. The van der Waals surface area contributed by atoms with Gasteiger partial charge in [0.2, 0.25) is 0 Å². The first-order valence-electron chi connectivity index (χ1n) is 13.4. The number of para-hydroxylation sites is 1. The number of hydrogen-bond donors (Lipinski definition) is 0. The Morgan fingerprint density at radius 3 is 1.87 bits per heavy atom. The van der Waals surface area contributed by atoms with Gasteiger partial charge in [0.15, 0.2) is 0 Å². The van der Waals surface area contributed by atoms with Gasteiger partial charge in [-0.25, -0.2) is 0 Å². The molecule has 0 spiro atoms. The van der Waals surface area contributed by atoms with E-state index in [4.69, 9.17) is 11.6 Å². The van der Waals surface area contributed by atoms with Crippen LogP contribution in [0.4, 0.5) is 17.1 Å². The lowest BCUT2D eigenvalue weighted by Gasteiger charge is -2.25. The van der Waals surface area contributed by atoms with Gasteiger partial charge in [-0.2, -0.15) is 0 Å². The second-order valence-corrected chi connectivity index (χ2v) is 11.3. The molecule has 0 aliphatic rings. The number of anilines is 3. The van der Waals surface area contributed by atoms with Gasteiger partial charge in [-0.05, 0) is 65.4 Å². The average molecular weight is 516 g/mol. The summed E-state index contributed by atoms with van der Waals surface area (Å²) in [6, 6.07) is 30.9. The maximum atomic E-state index is 6.89. The Labute approximate surface area is 227 Å². The van der Waals surface area contributed by atoms with Crippen molar-refractivity contribution in [3.8, 4) is 0 Å². The molecule has 0 N–H and O–H groups in total. The lowest BCUT2D eigenvalue weighted by atomic mass is 10.0. The fraction of sp³-hybridized carbons (Fsp3) is 0.176. The molecule has 3 aromatic heterocycles. The van der Waals surface area contributed by atoms with Crippen LogP contribution in [0, 0.1) is 0 Å².